The van der Waals surface area contributed by atoms with Crippen LogP contribution in [-0.2, 0) is 19.4 Å². The summed E-state index contributed by atoms with van der Waals surface area (Å²) in [5, 5.41) is 3.22. The molecule has 4 nitrogen and oxygen atoms in total. The van der Waals surface area contributed by atoms with Crippen LogP contribution in [0.5, 0.6) is 0 Å². The number of hydrogen-bond acceptors (Lipinski definition) is 2. The Hall–Kier alpha value is -2.40. The first-order valence-electron chi connectivity index (χ1n) is 9.76. The van der Waals surface area contributed by atoms with Gasteiger partial charge in [0.2, 0.25) is 0 Å². The lowest BCUT2D eigenvalue weighted by molar-refractivity contribution is 0.194. The van der Waals surface area contributed by atoms with Crippen molar-refractivity contribution in [1.82, 2.24) is 15.1 Å². The number of carbonyl (C=O) groups is 1. The van der Waals surface area contributed by atoms with E-state index in [-0.39, 0.29) is 17.9 Å². The second-order valence-electron chi connectivity index (χ2n) is 7.57. The van der Waals surface area contributed by atoms with Crippen molar-refractivity contribution < 1.29 is 9.18 Å². The van der Waals surface area contributed by atoms with E-state index in [2.05, 4.69) is 34.5 Å². The number of nitrogens with zero attached hydrogens (tertiary/aromatic N) is 2. The molecule has 0 atom stereocenters. The average Bonchev–Trinajstić information content (AvgIpc) is 2.93. The Bertz CT molecular complexity index is 767. The first kappa shape index (κ1) is 18.0. The van der Waals surface area contributed by atoms with Gasteiger partial charge in [-0.2, -0.15) is 0 Å². The van der Waals surface area contributed by atoms with Gasteiger partial charge < -0.3 is 10.2 Å². The minimum absolute atomic E-state index is 0.0523. The van der Waals surface area contributed by atoms with Crippen molar-refractivity contribution in [2.24, 2.45) is 0 Å². The van der Waals surface area contributed by atoms with Gasteiger partial charge in [0.25, 0.3) is 0 Å². The highest BCUT2D eigenvalue weighted by atomic mass is 19.1. The molecule has 5 heteroatoms. The molecule has 1 aliphatic carbocycles. The van der Waals surface area contributed by atoms with Gasteiger partial charge in [0, 0.05) is 38.8 Å². The number of fused-ring (bicyclic) bond motifs is 1. The van der Waals surface area contributed by atoms with Crippen molar-refractivity contribution in [3.05, 3.63) is 71.0 Å². The fraction of sp³-hybridized carbons (Fsp3) is 0.409. The summed E-state index contributed by atoms with van der Waals surface area (Å²) in [5.74, 6) is -0.202. The molecule has 1 aliphatic heterocycles. The fourth-order valence-electron chi connectivity index (χ4n) is 4.11. The highest BCUT2D eigenvalue weighted by Crippen LogP contribution is 2.22. The van der Waals surface area contributed by atoms with Gasteiger partial charge in [-0.3, -0.25) is 4.90 Å². The van der Waals surface area contributed by atoms with Gasteiger partial charge in [0.05, 0.1) is 0 Å². The van der Waals surface area contributed by atoms with E-state index in [1.807, 2.05) is 17.0 Å². The van der Waals surface area contributed by atoms with Crippen LogP contribution < -0.4 is 5.32 Å². The quantitative estimate of drug-likeness (QED) is 0.904. The van der Waals surface area contributed by atoms with Crippen molar-refractivity contribution >= 4 is 6.03 Å². The lowest BCUT2D eigenvalue weighted by atomic mass is 10.1. The van der Waals surface area contributed by atoms with E-state index >= 15 is 0 Å². The van der Waals surface area contributed by atoms with E-state index < -0.39 is 0 Å². The van der Waals surface area contributed by atoms with Crippen molar-refractivity contribution in [1.29, 1.82) is 0 Å². The maximum absolute atomic E-state index is 13.1. The predicted octanol–water partition coefficient (Wildman–Crippen LogP) is 3.21. The highest BCUT2D eigenvalue weighted by Gasteiger charge is 2.25. The van der Waals surface area contributed by atoms with E-state index in [0.29, 0.717) is 0 Å². The largest absolute Gasteiger partial charge is 0.335 e. The molecule has 2 aromatic rings. The molecule has 0 unspecified atom stereocenters. The summed E-state index contributed by atoms with van der Waals surface area (Å²) in [5.41, 5.74) is 3.81. The summed E-state index contributed by atoms with van der Waals surface area (Å²) in [4.78, 5) is 17.0. The zero-order valence-electron chi connectivity index (χ0n) is 15.5. The van der Waals surface area contributed by atoms with Crippen LogP contribution in [0.4, 0.5) is 9.18 Å². The van der Waals surface area contributed by atoms with Crippen molar-refractivity contribution in [2.75, 3.05) is 26.2 Å². The van der Waals surface area contributed by atoms with Crippen LogP contribution in [0, 0.1) is 5.82 Å². The van der Waals surface area contributed by atoms with Gasteiger partial charge in [-0.1, -0.05) is 36.4 Å². The molecule has 0 saturated carbocycles. The molecule has 1 fully saturated rings. The van der Waals surface area contributed by atoms with Crippen molar-refractivity contribution in [3.63, 3.8) is 0 Å². The molecule has 0 spiro atoms. The van der Waals surface area contributed by atoms with Crippen LogP contribution in [0.2, 0.25) is 0 Å². The van der Waals surface area contributed by atoms with Crippen LogP contribution in [-0.4, -0.2) is 48.1 Å². The summed E-state index contributed by atoms with van der Waals surface area (Å²) < 4.78 is 13.1. The molecular weight excluding hydrogens is 341 g/mol. The topological polar surface area (TPSA) is 35.6 Å². The molecule has 0 aromatic heterocycles. The van der Waals surface area contributed by atoms with Gasteiger partial charge in [0.1, 0.15) is 5.82 Å². The number of hydrogen-bond donors (Lipinski definition) is 1. The van der Waals surface area contributed by atoms with Gasteiger partial charge in [-0.15, -0.1) is 0 Å². The second kappa shape index (κ2) is 8.09. The molecule has 1 heterocycles. The van der Waals surface area contributed by atoms with E-state index in [9.17, 15) is 9.18 Å². The number of urea groups is 1. The van der Waals surface area contributed by atoms with Gasteiger partial charge in [-0.05, 0) is 48.1 Å². The molecule has 2 amide bonds. The summed E-state index contributed by atoms with van der Waals surface area (Å²) in [6.07, 6.45) is 2.80. The Morgan fingerprint density at radius 3 is 2.37 bits per heavy atom. The minimum Gasteiger partial charge on any atom is -0.335 e. The Morgan fingerprint density at radius 1 is 0.963 bits per heavy atom. The minimum atomic E-state index is -0.202. The van der Waals surface area contributed by atoms with Crippen LogP contribution in [0.3, 0.4) is 0 Å². The maximum Gasteiger partial charge on any atom is 0.317 e. The zero-order valence-corrected chi connectivity index (χ0v) is 15.5. The first-order valence-corrected chi connectivity index (χ1v) is 9.76. The number of halogens is 1. The standard InChI is InChI=1S/C22H26FN3O/c23-20-8-6-17(7-9-20)16-25-10-3-11-26(13-12-25)22(27)24-21-14-18-4-1-2-5-19(18)15-21/h1-2,4-9,21H,3,10-16H2,(H,24,27). The van der Waals surface area contributed by atoms with Gasteiger partial charge in [-0.25, -0.2) is 9.18 Å². The lowest BCUT2D eigenvalue weighted by Crippen LogP contribution is -2.46. The molecule has 2 aromatic carbocycles. The third-order valence-corrected chi connectivity index (χ3v) is 5.57. The Labute approximate surface area is 160 Å². The van der Waals surface area contributed by atoms with Crippen LogP contribution in [0.1, 0.15) is 23.1 Å². The summed E-state index contributed by atoms with van der Waals surface area (Å²) in [7, 11) is 0. The van der Waals surface area contributed by atoms with E-state index in [0.717, 1.165) is 57.5 Å². The molecule has 1 N–H and O–H groups in total. The van der Waals surface area contributed by atoms with Crippen LogP contribution >= 0.6 is 0 Å². The fourth-order valence-corrected chi connectivity index (χ4v) is 4.11. The number of carbonyl (C=O) groups excluding carboxylic acids is 1. The van der Waals surface area contributed by atoms with E-state index in [1.165, 1.54) is 23.3 Å². The molecular formula is C22H26FN3O. The second-order valence-corrected chi connectivity index (χ2v) is 7.57. The smallest absolute Gasteiger partial charge is 0.317 e. The third kappa shape index (κ3) is 4.48. The first-order chi connectivity index (χ1) is 13.2. The highest BCUT2D eigenvalue weighted by molar-refractivity contribution is 5.74. The lowest BCUT2D eigenvalue weighted by Gasteiger charge is -2.24. The molecule has 4 rings (SSSR count). The maximum atomic E-state index is 13.1. The summed E-state index contributed by atoms with van der Waals surface area (Å²) in [6, 6.07) is 15.4. The van der Waals surface area contributed by atoms with Gasteiger partial charge >= 0.3 is 6.03 Å². The average molecular weight is 367 g/mol. The molecule has 2 aliphatic rings. The zero-order chi connectivity index (χ0) is 18.6. The number of amides is 2. The molecule has 0 bridgehead atoms. The summed E-state index contributed by atoms with van der Waals surface area (Å²) >= 11 is 0. The molecule has 27 heavy (non-hydrogen) atoms. The Balaban J connectivity index is 1.28. The van der Waals surface area contributed by atoms with E-state index in [1.54, 1.807) is 0 Å². The molecule has 1 saturated heterocycles. The Morgan fingerprint density at radius 2 is 1.67 bits per heavy atom. The van der Waals surface area contributed by atoms with Crippen LogP contribution in [0.25, 0.3) is 0 Å². The number of benzene rings is 2. The normalized spacial score (nSPS) is 18.2. The van der Waals surface area contributed by atoms with E-state index in [4.69, 9.17) is 0 Å². The Kier molecular flexibility index (Phi) is 5.39. The molecule has 142 valence electrons. The SMILES string of the molecule is O=C(NC1Cc2ccccc2C1)N1CCCN(Cc2ccc(F)cc2)CC1. The van der Waals surface area contributed by atoms with Crippen LogP contribution in [0.15, 0.2) is 48.5 Å². The monoisotopic (exact) mass is 367 g/mol. The number of rotatable bonds is 3. The van der Waals surface area contributed by atoms with Crippen molar-refractivity contribution in [3.8, 4) is 0 Å². The number of nitrogens with one attached hydrogen (secondary N) is 1. The summed E-state index contributed by atoms with van der Waals surface area (Å²) in [6.45, 7) is 4.11. The van der Waals surface area contributed by atoms with Crippen molar-refractivity contribution in [2.45, 2.75) is 31.8 Å². The van der Waals surface area contributed by atoms with Gasteiger partial charge in [0.15, 0.2) is 0 Å². The predicted molar refractivity (Wildman–Crippen MR) is 104 cm³/mol. The third-order valence-electron chi connectivity index (χ3n) is 5.57. The molecule has 0 radical (unpaired) electrons.